The third-order valence-electron chi connectivity index (χ3n) is 1.98. The lowest BCUT2D eigenvalue weighted by Gasteiger charge is -2.27. The van der Waals surface area contributed by atoms with Crippen molar-refractivity contribution in [1.29, 1.82) is 0 Å². The van der Waals surface area contributed by atoms with Gasteiger partial charge in [-0.25, -0.2) is 4.98 Å². The Bertz CT molecular complexity index is 314. The molecule has 0 aromatic carbocycles. The Morgan fingerprint density at radius 2 is 2.33 bits per heavy atom. The zero-order valence-electron chi connectivity index (χ0n) is 9.32. The molecule has 1 aromatic rings. The molecule has 0 aliphatic rings. The van der Waals surface area contributed by atoms with E-state index in [0.717, 1.165) is 0 Å². The lowest BCUT2D eigenvalue weighted by atomic mass is 10.1. The Morgan fingerprint density at radius 1 is 1.67 bits per heavy atom. The predicted octanol–water partition coefficient (Wildman–Crippen LogP) is 0.643. The van der Waals surface area contributed by atoms with E-state index >= 15 is 0 Å². The van der Waals surface area contributed by atoms with Gasteiger partial charge in [-0.1, -0.05) is 0 Å². The fourth-order valence-corrected chi connectivity index (χ4v) is 1.34. The second-order valence-corrected chi connectivity index (χ2v) is 4.10. The topological polar surface area (TPSA) is 69.2 Å². The summed E-state index contributed by atoms with van der Waals surface area (Å²) < 4.78 is 0. The number of carbonyl (C=O) groups is 1. The number of nitrogens with one attached hydrogen (secondary N) is 1. The van der Waals surface area contributed by atoms with Gasteiger partial charge in [0, 0.05) is 13.1 Å². The van der Waals surface area contributed by atoms with Crippen molar-refractivity contribution in [1.82, 2.24) is 14.9 Å². The van der Waals surface area contributed by atoms with Crippen LogP contribution in [0.4, 0.5) is 0 Å². The normalized spacial score (nSPS) is 11.5. The van der Waals surface area contributed by atoms with E-state index in [9.17, 15) is 9.90 Å². The highest BCUT2D eigenvalue weighted by atomic mass is 16.3. The van der Waals surface area contributed by atoms with Crippen LogP contribution in [0.1, 0.15) is 31.3 Å². The van der Waals surface area contributed by atoms with Crippen LogP contribution in [0, 0.1) is 0 Å². The number of carbonyl (C=O) groups excluding carboxylic acids is 1. The fourth-order valence-electron chi connectivity index (χ4n) is 1.34. The number of hydrogen-bond donors (Lipinski definition) is 2. The molecule has 5 heteroatoms. The molecule has 2 N–H and O–H groups in total. The molecule has 0 unspecified atom stereocenters. The first-order valence-electron chi connectivity index (χ1n) is 4.94. The van der Waals surface area contributed by atoms with Crippen molar-refractivity contribution in [2.24, 2.45) is 0 Å². The first-order valence-corrected chi connectivity index (χ1v) is 4.94. The van der Waals surface area contributed by atoms with Gasteiger partial charge in [-0.3, -0.25) is 4.79 Å². The van der Waals surface area contributed by atoms with Gasteiger partial charge in [0.05, 0.1) is 18.1 Å². The van der Waals surface area contributed by atoms with Crippen LogP contribution in [0.5, 0.6) is 0 Å². The van der Waals surface area contributed by atoms with E-state index in [4.69, 9.17) is 0 Å². The minimum Gasteiger partial charge on any atom is -0.389 e. The maximum Gasteiger partial charge on any atom is 0.272 e. The standard InChI is InChI=1S/C10H17N3O2/c1-4-13(6-10(2,3)15)9(14)8-5-11-7-12-8/h5,7,15H,4,6H2,1-3H3,(H,11,12). The molecule has 0 aliphatic heterocycles. The molecule has 5 nitrogen and oxygen atoms in total. The van der Waals surface area contributed by atoms with Gasteiger partial charge in [0.2, 0.25) is 0 Å². The molecule has 1 heterocycles. The molecule has 0 radical (unpaired) electrons. The molecule has 1 amide bonds. The van der Waals surface area contributed by atoms with Gasteiger partial charge in [-0.15, -0.1) is 0 Å². The highest BCUT2D eigenvalue weighted by molar-refractivity contribution is 5.92. The van der Waals surface area contributed by atoms with E-state index in [1.807, 2.05) is 6.92 Å². The average Bonchev–Trinajstić information content (AvgIpc) is 2.64. The third-order valence-corrected chi connectivity index (χ3v) is 1.98. The largest absolute Gasteiger partial charge is 0.389 e. The van der Waals surface area contributed by atoms with Crippen LogP contribution < -0.4 is 0 Å². The smallest absolute Gasteiger partial charge is 0.272 e. The van der Waals surface area contributed by atoms with E-state index in [-0.39, 0.29) is 5.91 Å². The number of hydrogen-bond acceptors (Lipinski definition) is 3. The average molecular weight is 211 g/mol. The summed E-state index contributed by atoms with van der Waals surface area (Å²) in [5, 5.41) is 9.65. The molecular weight excluding hydrogens is 194 g/mol. The molecule has 0 aliphatic carbocycles. The summed E-state index contributed by atoms with van der Waals surface area (Å²) >= 11 is 0. The first-order chi connectivity index (χ1) is 6.94. The lowest BCUT2D eigenvalue weighted by Crippen LogP contribution is -2.42. The quantitative estimate of drug-likeness (QED) is 0.768. The molecule has 0 fully saturated rings. The van der Waals surface area contributed by atoms with Crippen molar-refractivity contribution in [3.05, 3.63) is 18.2 Å². The lowest BCUT2D eigenvalue weighted by molar-refractivity contribution is 0.0312. The Balaban J connectivity index is 2.72. The molecule has 0 saturated heterocycles. The predicted molar refractivity (Wildman–Crippen MR) is 56.5 cm³/mol. The minimum atomic E-state index is -0.883. The van der Waals surface area contributed by atoms with Crippen LogP contribution >= 0.6 is 0 Å². The molecule has 1 aromatic heterocycles. The van der Waals surface area contributed by atoms with Crippen LogP contribution in [-0.2, 0) is 0 Å². The molecule has 0 atom stereocenters. The van der Waals surface area contributed by atoms with E-state index < -0.39 is 5.60 Å². The SMILES string of the molecule is CCN(CC(C)(C)O)C(=O)c1cnc[nH]1. The highest BCUT2D eigenvalue weighted by Gasteiger charge is 2.22. The Labute approximate surface area is 89.1 Å². The summed E-state index contributed by atoms with van der Waals surface area (Å²) in [4.78, 5) is 20.0. The van der Waals surface area contributed by atoms with Gasteiger partial charge < -0.3 is 15.0 Å². The van der Waals surface area contributed by atoms with Gasteiger partial charge in [-0.2, -0.15) is 0 Å². The highest BCUT2D eigenvalue weighted by Crippen LogP contribution is 2.08. The van der Waals surface area contributed by atoms with E-state index in [1.54, 1.807) is 18.7 Å². The van der Waals surface area contributed by atoms with Gasteiger partial charge >= 0.3 is 0 Å². The number of likely N-dealkylation sites (N-methyl/N-ethyl adjacent to an activating group) is 1. The number of rotatable bonds is 4. The summed E-state index contributed by atoms with van der Waals surface area (Å²) in [5.41, 5.74) is -0.438. The summed E-state index contributed by atoms with van der Waals surface area (Å²) in [7, 11) is 0. The molecular formula is C10H17N3O2. The Kier molecular flexibility index (Phi) is 3.47. The maximum absolute atomic E-state index is 11.9. The van der Waals surface area contributed by atoms with Crippen LogP contribution in [-0.4, -0.2) is 44.6 Å². The molecule has 0 saturated carbocycles. The zero-order valence-corrected chi connectivity index (χ0v) is 9.32. The number of aromatic amines is 1. The van der Waals surface area contributed by atoms with Gasteiger partial charge in [-0.05, 0) is 20.8 Å². The van der Waals surface area contributed by atoms with Crippen molar-refractivity contribution in [2.45, 2.75) is 26.4 Å². The minimum absolute atomic E-state index is 0.142. The van der Waals surface area contributed by atoms with Crippen molar-refractivity contribution >= 4 is 5.91 Å². The van der Waals surface area contributed by atoms with Crippen LogP contribution in [0.3, 0.4) is 0 Å². The number of aromatic nitrogens is 2. The first kappa shape index (κ1) is 11.7. The van der Waals surface area contributed by atoms with Crippen molar-refractivity contribution in [2.75, 3.05) is 13.1 Å². The zero-order chi connectivity index (χ0) is 11.5. The maximum atomic E-state index is 11.9. The molecule has 0 bridgehead atoms. The monoisotopic (exact) mass is 211 g/mol. The van der Waals surface area contributed by atoms with E-state index in [2.05, 4.69) is 9.97 Å². The number of H-pyrrole nitrogens is 1. The number of nitrogens with zero attached hydrogens (tertiary/aromatic N) is 2. The molecule has 1 rings (SSSR count). The van der Waals surface area contributed by atoms with Crippen molar-refractivity contribution in [3.63, 3.8) is 0 Å². The molecule has 0 spiro atoms. The van der Waals surface area contributed by atoms with Crippen molar-refractivity contribution in [3.8, 4) is 0 Å². The van der Waals surface area contributed by atoms with Gasteiger partial charge in [0.25, 0.3) is 5.91 Å². The molecule has 15 heavy (non-hydrogen) atoms. The van der Waals surface area contributed by atoms with Crippen LogP contribution in [0.2, 0.25) is 0 Å². The number of imidazole rings is 1. The summed E-state index contributed by atoms with van der Waals surface area (Å²) in [6.45, 7) is 6.09. The Morgan fingerprint density at radius 3 is 2.73 bits per heavy atom. The van der Waals surface area contributed by atoms with Gasteiger partial charge in [0.15, 0.2) is 0 Å². The summed E-state index contributed by atoms with van der Waals surface area (Å²) in [5.74, 6) is -0.142. The van der Waals surface area contributed by atoms with Gasteiger partial charge in [0.1, 0.15) is 5.69 Å². The van der Waals surface area contributed by atoms with Crippen LogP contribution in [0.15, 0.2) is 12.5 Å². The van der Waals surface area contributed by atoms with Crippen molar-refractivity contribution < 1.29 is 9.90 Å². The second-order valence-electron chi connectivity index (χ2n) is 4.10. The Hall–Kier alpha value is -1.36. The second kappa shape index (κ2) is 4.44. The van der Waals surface area contributed by atoms with Crippen LogP contribution in [0.25, 0.3) is 0 Å². The fraction of sp³-hybridized carbons (Fsp3) is 0.600. The summed E-state index contributed by atoms with van der Waals surface area (Å²) in [6, 6.07) is 0. The summed E-state index contributed by atoms with van der Waals surface area (Å²) in [6.07, 6.45) is 2.94. The van der Waals surface area contributed by atoms with E-state index in [0.29, 0.717) is 18.8 Å². The third kappa shape index (κ3) is 3.36. The number of amides is 1. The molecule has 84 valence electrons. The van der Waals surface area contributed by atoms with E-state index in [1.165, 1.54) is 12.5 Å². The number of aliphatic hydroxyl groups is 1.